The van der Waals surface area contributed by atoms with Crippen molar-refractivity contribution < 1.29 is 28.7 Å². The fraction of sp³-hybridized carbons (Fsp3) is 0.143. The Morgan fingerprint density at radius 2 is 1.63 bits per heavy atom. The normalized spacial score (nSPS) is 16.1. The Balaban J connectivity index is 3.75. The maximum Gasteiger partial charge on any atom is 0.310 e. The fourth-order valence-electron chi connectivity index (χ4n) is 1.17. The second-order valence-corrected chi connectivity index (χ2v) is 8.83. The molecule has 0 aliphatic heterocycles. The molecule has 110 valence electrons. The molecule has 19 heavy (non-hydrogen) atoms. The van der Waals surface area contributed by atoms with Crippen LogP contribution in [0.1, 0.15) is 9.30 Å². The zero-order valence-electron chi connectivity index (χ0n) is 8.43. The van der Waals surface area contributed by atoms with Gasteiger partial charge in [0.1, 0.15) is 14.4 Å². The number of benzene rings is 1. The summed E-state index contributed by atoms with van der Waals surface area (Å²) in [5.74, 6) is -1.77. The van der Waals surface area contributed by atoms with Gasteiger partial charge in [0, 0.05) is 6.07 Å². The van der Waals surface area contributed by atoms with E-state index in [0.29, 0.717) is 0 Å². The van der Waals surface area contributed by atoms with Crippen LogP contribution in [-0.2, 0) is 0 Å². The van der Waals surface area contributed by atoms with Crippen molar-refractivity contribution in [1.82, 2.24) is 0 Å². The lowest BCUT2D eigenvalue weighted by Gasteiger charge is -2.40. The molecule has 0 unspecified atom stereocenters. The highest BCUT2D eigenvalue weighted by molar-refractivity contribution is 9.24. The summed E-state index contributed by atoms with van der Waals surface area (Å²) < 4.78 is 74.7. The Morgan fingerprint density at radius 3 is 1.95 bits per heavy atom. The molecule has 0 aliphatic rings. The van der Waals surface area contributed by atoms with Gasteiger partial charge in [-0.25, -0.2) is 4.39 Å². The van der Waals surface area contributed by atoms with Crippen molar-refractivity contribution in [2.24, 2.45) is 0 Å². The highest BCUT2D eigenvalue weighted by atomic mass is 79.9. The summed E-state index contributed by atoms with van der Waals surface area (Å²) >= 11 is 5.33. The summed E-state index contributed by atoms with van der Waals surface area (Å²) in [6.07, 6.45) is 0. The minimum atomic E-state index is -10.2. The first-order valence-corrected chi connectivity index (χ1v) is 7.92. The second-order valence-electron chi connectivity index (χ2n) is 3.36. The van der Waals surface area contributed by atoms with E-state index >= 15 is 0 Å². The number of halogens is 8. The highest BCUT2D eigenvalue weighted by Crippen LogP contribution is 3.02. The highest BCUT2D eigenvalue weighted by Gasteiger charge is 2.66. The van der Waals surface area contributed by atoms with Crippen molar-refractivity contribution in [3.8, 4) is 0 Å². The van der Waals surface area contributed by atoms with Crippen LogP contribution in [0.3, 0.4) is 0 Å². The molecule has 0 radical (unpaired) electrons. The van der Waals surface area contributed by atoms with Crippen LogP contribution in [0.25, 0.3) is 0 Å². The van der Waals surface area contributed by atoms with E-state index in [-0.39, 0.29) is 6.07 Å². The lowest BCUT2D eigenvalue weighted by Crippen LogP contribution is -2.09. The zero-order valence-corrected chi connectivity index (χ0v) is 12.4. The molecule has 0 bridgehead atoms. The minimum Gasteiger partial charge on any atom is -0.258 e. The quantitative estimate of drug-likeness (QED) is 0.245. The van der Waals surface area contributed by atoms with E-state index in [1.54, 1.807) is 0 Å². The van der Waals surface area contributed by atoms with Gasteiger partial charge in [0.15, 0.2) is 0 Å². The molecule has 0 amide bonds. The standard InChI is InChI=1S/C7H3Br2F6NO2S/c8-7(9)6-4(10)1-3(2-5(6)16(17)18)19(11,12,13,14)15/h1-2,7H. The third kappa shape index (κ3) is 3.75. The van der Waals surface area contributed by atoms with Crippen molar-refractivity contribution in [1.29, 1.82) is 0 Å². The third-order valence-electron chi connectivity index (χ3n) is 1.94. The van der Waals surface area contributed by atoms with E-state index in [9.17, 15) is 33.9 Å². The Morgan fingerprint density at radius 1 is 1.16 bits per heavy atom. The van der Waals surface area contributed by atoms with Crippen molar-refractivity contribution in [2.45, 2.75) is 8.63 Å². The Labute approximate surface area is 119 Å². The van der Waals surface area contributed by atoms with Gasteiger partial charge in [-0.1, -0.05) is 51.3 Å². The number of nitro groups is 1. The maximum atomic E-state index is 13.4. The first-order chi connectivity index (χ1) is 8.13. The predicted molar refractivity (Wildman–Crippen MR) is 65.0 cm³/mol. The van der Waals surface area contributed by atoms with Crippen LogP contribution in [0.5, 0.6) is 0 Å². The van der Waals surface area contributed by atoms with Gasteiger partial charge in [-0.3, -0.25) is 10.1 Å². The van der Waals surface area contributed by atoms with Crippen molar-refractivity contribution in [2.75, 3.05) is 0 Å². The van der Waals surface area contributed by atoms with Gasteiger partial charge in [0.25, 0.3) is 5.69 Å². The van der Waals surface area contributed by atoms with Crippen LogP contribution in [0.4, 0.5) is 29.5 Å². The Bertz CT molecular complexity index is 560. The largest absolute Gasteiger partial charge is 0.310 e. The summed E-state index contributed by atoms with van der Waals surface area (Å²) in [4.78, 5) is 6.55. The molecule has 0 spiro atoms. The number of hydrogen-bond donors (Lipinski definition) is 0. The molecule has 1 aromatic carbocycles. The van der Waals surface area contributed by atoms with Crippen molar-refractivity contribution in [3.63, 3.8) is 0 Å². The fourth-order valence-corrected chi connectivity index (χ4v) is 2.74. The maximum absolute atomic E-state index is 13.4. The summed E-state index contributed by atoms with van der Waals surface area (Å²) in [6.45, 7) is 0. The Hall–Kier alpha value is -0.490. The molecular formula is C7H3Br2F6NO2S. The minimum absolute atomic E-state index is 0.379. The molecule has 0 atom stereocenters. The second kappa shape index (κ2) is 4.01. The van der Waals surface area contributed by atoms with E-state index in [4.69, 9.17) is 0 Å². The van der Waals surface area contributed by atoms with Crippen LogP contribution >= 0.6 is 42.1 Å². The smallest absolute Gasteiger partial charge is 0.258 e. The van der Waals surface area contributed by atoms with E-state index in [1.807, 2.05) is 0 Å². The molecule has 1 rings (SSSR count). The number of nitrogens with zero attached hydrogens (tertiary/aromatic N) is 1. The van der Waals surface area contributed by atoms with Crippen LogP contribution in [0, 0.1) is 15.9 Å². The monoisotopic (exact) mass is 437 g/mol. The van der Waals surface area contributed by atoms with E-state index < -0.39 is 46.9 Å². The average Bonchev–Trinajstić information content (AvgIpc) is 2.11. The van der Waals surface area contributed by atoms with E-state index in [0.717, 1.165) is 0 Å². The number of alkyl halides is 2. The Kier molecular flexibility index (Phi) is 3.49. The molecule has 3 nitrogen and oxygen atoms in total. The topological polar surface area (TPSA) is 43.1 Å². The van der Waals surface area contributed by atoms with Gasteiger partial charge in [0.05, 0.1) is 10.5 Å². The lowest BCUT2D eigenvalue weighted by atomic mass is 10.2. The van der Waals surface area contributed by atoms with E-state index in [2.05, 4.69) is 31.9 Å². The number of hydrogen-bond acceptors (Lipinski definition) is 2. The SMILES string of the molecule is O=[N+]([O-])c1cc(S(F)(F)(F)(F)F)cc(F)c1C(Br)Br. The molecule has 0 saturated heterocycles. The van der Waals surface area contributed by atoms with Crippen LogP contribution in [-0.4, -0.2) is 4.92 Å². The number of nitro benzene ring substituents is 1. The molecule has 0 heterocycles. The van der Waals surface area contributed by atoms with Crippen LogP contribution in [0.2, 0.25) is 0 Å². The van der Waals surface area contributed by atoms with Crippen LogP contribution < -0.4 is 0 Å². The van der Waals surface area contributed by atoms with Crippen LogP contribution in [0.15, 0.2) is 17.0 Å². The molecular weight excluding hydrogens is 436 g/mol. The molecule has 0 fully saturated rings. The van der Waals surface area contributed by atoms with Gasteiger partial charge in [0.2, 0.25) is 0 Å². The number of rotatable bonds is 3. The molecule has 0 aliphatic carbocycles. The molecule has 0 saturated carbocycles. The van der Waals surface area contributed by atoms with Gasteiger partial charge >= 0.3 is 10.2 Å². The molecule has 1 aromatic rings. The summed E-state index contributed by atoms with van der Waals surface area (Å²) in [6, 6.07) is -0.838. The molecule has 0 N–H and O–H groups in total. The summed E-state index contributed by atoms with van der Waals surface area (Å²) in [7, 11) is -10.2. The van der Waals surface area contributed by atoms with Crippen molar-refractivity contribution in [3.05, 3.63) is 33.6 Å². The molecule has 0 aromatic heterocycles. The first kappa shape index (κ1) is 16.6. The third-order valence-corrected chi connectivity index (χ3v) is 3.98. The lowest BCUT2D eigenvalue weighted by molar-refractivity contribution is -0.385. The summed E-state index contributed by atoms with van der Waals surface area (Å²) in [5.41, 5.74) is -2.21. The first-order valence-electron chi connectivity index (χ1n) is 4.13. The van der Waals surface area contributed by atoms with Gasteiger partial charge in [-0.2, -0.15) is 0 Å². The van der Waals surface area contributed by atoms with Crippen molar-refractivity contribution >= 4 is 47.8 Å². The predicted octanol–water partition coefficient (Wildman–Crippen LogP) is 6.18. The summed E-state index contributed by atoms with van der Waals surface area (Å²) in [5, 5.41) is 10.6. The van der Waals surface area contributed by atoms with Gasteiger partial charge in [-0.15, -0.1) is 0 Å². The average molecular weight is 439 g/mol. The zero-order chi connectivity index (χ0) is 15.3. The van der Waals surface area contributed by atoms with Gasteiger partial charge in [-0.05, 0) is 6.07 Å². The van der Waals surface area contributed by atoms with Gasteiger partial charge < -0.3 is 0 Å². The van der Waals surface area contributed by atoms with E-state index in [1.165, 1.54) is 0 Å². The molecule has 12 heteroatoms.